The Hall–Kier alpha value is -2.71. The number of para-hydroxylation sites is 1. The van der Waals surface area contributed by atoms with Crippen molar-refractivity contribution >= 4 is 27.6 Å². The molecule has 1 nitrogen and oxygen atoms in total. The molecule has 0 fully saturated rings. The predicted molar refractivity (Wildman–Crippen MR) is 177 cm³/mol. The molecule has 0 saturated heterocycles. The van der Waals surface area contributed by atoms with E-state index in [2.05, 4.69) is 81.1 Å². The maximum Gasteiger partial charge on any atom is 0.124 e. The molecule has 40 heavy (non-hydrogen) atoms. The molecule has 0 amide bonds. The van der Waals surface area contributed by atoms with Crippen LogP contribution in [0.25, 0.3) is 38.0 Å². The Labute approximate surface area is 246 Å². The van der Waals surface area contributed by atoms with E-state index in [1.807, 2.05) is 17.4 Å². The van der Waals surface area contributed by atoms with E-state index in [-0.39, 0.29) is 5.41 Å². The summed E-state index contributed by atoms with van der Waals surface area (Å²) in [6.45, 7) is 8.74. The second kappa shape index (κ2) is 13.8. The van der Waals surface area contributed by atoms with Gasteiger partial charge in [0.15, 0.2) is 0 Å². The van der Waals surface area contributed by atoms with Crippen LogP contribution in [-0.4, -0.2) is 4.98 Å². The molecule has 1 aliphatic rings. The second-order valence-electron chi connectivity index (χ2n) is 11.9. The maximum absolute atomic E-state index is 5.05. The minimum Gasteiger partial charge on any atom is -0.236 e. The highest BCUT2D eigenvalue weighted by Gasteiger charge is 2.42. The van der Waals surface area contributed by atoms with Gasteiger partial charge in [-0.15, -0.1) is 11.3 Å². The number of thiazole rings is 1. The van der Waals surface area contributed by atoms with Crippen molar-refractivity contribution in [1.29, 1.82) is 0 Å². The van der Waals surface area contributed by atoms with Gasteiger partial charge in [0.2, 0.25) is 0 Å². The standard InChI is InChI=1S/C38H47NS/c1-4-7-9-11-13-17-25-38(26-18-14-12-10-8-5-2)33-27-29(6-3)21-23-31(33)32-24-22-30(28-34(32)38)37-39-35-19-15-16-20-36(35)40-37/h6,15-16,19-24,27-28H,3-5,7-14,17-18,25-26H2,1-2H3. The van der Waals surface area contributed by atoms with Gasteiger partial charge in [-0.1, -0.05) is 146 Å². The first-order chi connectivity index (χ1) is 19.7. The predicted octanol–water partition coefficient (Wildman–Crippen LogP) is 12.4. The number of benzene rings is 3. The fourth-order valence-electron chi connectivity index (χ4n) is 6.85. The number of hydrogen-bond acceptors (Lipinski definition) is 2. The quantitative estimate of drug-likeness (QED) is 0.127. The fraction of sp³-hybridized carbons (Fsp3) is 0.447. The van der Waals surface area contributed by atoms with E-state index in [0.717, 1.165) is 10.5 Å². The van der Waals surface area contributed by atoms with Crippen molar-refractivity contribution in [1.82, 2.24) is 4.98 Å². The molecule has 3 aromatic carbocycles. The molecule has 0 saturated carbocycles. The Kier molecular flexibility index (Phi) is 9.92. The second-order valence-corrected chi connectivity index (χ2v) is 12.9. The lowest BCUT2D eigenvalue weighted by Crippen LogP contribution is -2.25. The molecule has 5 rings (SSSR count). The van der Waals surface area contributed by atoms with Crippen LogP contribution >= 0.6 is 11.3 Å². The number of hydrogen-bond donors (Lipinski definition) is 0. The zero-order chi connectivity index (χ0) is 27.8. The van der Waals surface area contributed by atoms with Gasteiger partial charge < -0.3 is 0 Å². The van der Waals surface area contributed by atoms with E-state index in [1.54, 1.807) is 11.1 Å². The van der Waals surface area contributed by atoms with Crippen molar-refractivity contribution in [2.75, 3.05) is 0 Å². The first kappa shape index (κ1) is 28.8. The maximum atomic E-state index is 5.05. The summed E-state index contributed by atoms with van der Waals surface area (Å²) in [6.07, 6.45) is 20.6. The van der Waals surface area contributed by atoms with Crippen LogP contribution in [0.5, 0.6) is 0 Å². The number of aromatic nitrogens is 1. The number of nitrogens with zero attached hydrogens (tertiary/aromatic N) is 1. The monoisotopic (exact) mass is 549 g/mol. The zero-order valence-corrected chi connectivity index (χ0v) is 25.6. The van der Waals surface area contributed by atoms with Gasteiger partial charge in [0.1, 0.15) is 5.01 Å². The molecule has 0 aliphatic heterocycles. The van der Waals surface area contributed by atoms with Gasteiger partial charge >= 0.3 is 0 Å². The van der Waals surface area contributed by atoms with Gasteiger partial charge in [-0.05, 0) is 58.9 Å². The third-order valence-corrected chi connectivity index (χ3v) is 10.2. The van der Waals surface area contributed by atoms with E-state index in [9.17, 15) is 0 Å². The number of unbranched alkanes of at least 4 members (excludes halogenated alkanes) is 10. The summed E-state index contributed by atoms with van der Waals surface area (Å²) in [5, 5.41) is 1.14. The Balaban J connectivity index is 1.53. The first-order valence-corrected chi connectivity index (χ1v) is 16.8. The Morgan fingerprint density at radius 3 is 1.95 bits per heavy atom. The van der Waals surface area contributed by atoms with Crippen LogP contribution < -0.4 is 0 Å². The molecule has 210 valence electrons. The van der Waals surface area contributed by atoms with Crippen molar-refractivity contribution < 1.29 is 0 Å². The van der Waals surface area contributed by atoms with Crippen LogP contribution in [0.1, 0.15) is 120 Å². The highest BCUT2D eigenvalue weighted by Crippen LogP contribution is 2.55. The molecule has 1 aromatic heterocycles. The topological polar surface area (TPSA) is 12.9 Å². The molecule has 2 heteroatoms. The molecule has 0 bridgehead atoms. The Morgan fingerprint density at radius 2 is 1.30 bits per heavy atom. The Bertz CT molecular complexity index is 1360. The smallest absolute Gasteiger partial charge is 0.124 e. The highest BCUT2D eigenvalue weighted by atomic mass is 32.1. The minimum absolute atomic E-state index is 0.0753. The normalized spacial score (nSPS) is 13.4. The summed E-state index contributed by atoms with van der Waals surface area (Å²) in [4.78, 5) is 5.05. The molecule has 0 spiro atoms. The summed E-state index contributed by atoms with van der Waals surface area (Å²) in [5.41, 5.74) is 9.66. The molecular formula is C38H47NS. The average Bonchev–Trinajstić information content (AvgIpc) is 3.54. The molecule has 1 aliphatic carbocycles. The van der Waals surface area contributed by atoms with Crippen molar-refractivity contribution in [3.05, 3.63) is 83.9 Å². The Morgan fingerprint density at radius 1 is 0.700 bits per heavy atom. The number of fused-ring (bicyclic) bond motifs is 4. The summed E-state index contributed by atoms with van der Waals surface area (Å²) in [6, 6.07) is 22.9. The van der Waals surface area contributed by atoms with Crippen molar-refractivity contribution in [3.8, 4) is 21.7 Å². The van der Waals surface area contributed by atoms with Gasteiger partial charge in [-0.3, -0.25) is 0 Å². The molecule has 4 aromatic rings. The summed E-state index contributed by atoms with van der Waals surface area (Å²) in [7, 11) is 0. The van der Waals surface area contributed by atoms with Crippen LogP contribution in [0.3, 0.4) is 0 Å². The first-order valence-electron chi connectivity index (χ1n) is 16.0. The molecule has 0 radical (unpaired) electrons. The van der Waals surface area contributed by atoms with Crippen LogP contribution in [0.15, 0.2) is 67.2 Å². The van der Waals surface area contributed by atoms with Crippen molar-refractivity contribution in [3.63, 3.8) is 0 Å². The largest absolute Gasteiger partial charge is 0.236 e. The van der Waals surface area contributed by atoms with Gasteiger partial charge in [0.25, 0.3) is 0 Å². The molecular weight excluding hydrogens is 502 g/mol. The SMILES string of the molecule is C=Cc1ccc2c(c1)C(CCCCCCCC)(CCCCCCCC)c1cc(-c3nc4ccccc4s3)ccc1-2. The van der Waals surface area contributed by atoms with Crippen molar-refractivity contribution in [2.45, 2.75) is 109 Å². The van der Waals surface area contributed by atoms with Crippen molar-refractivity contribution in [2.24, 2.45) is 0 Å². The van der Waals surface area contributed by atoms with E-state index in [0.29, 0.717) is 0 Å². The molecule has 0 N–H and O–H groups in total. The van der Waals surface area contributed by atoms with E-state index >= 15 is 0 Å². The van der Waals surface area contributed by atoms with E-state index < -0.39 is 0 Å². The van der Waals surface area contributed by atoms with Gasteiger partial charge in [-0.2, -0.15) is 0 Å². The zero-order valence-electron chi connectivity index (χ0n) is 24.8. The van der Waals surface area contributed by atoms with Crippen LogP contribution in [0, 0.1) is 0 Å². The lowest BCUT2D eigenvalue weighted by molar-refractivity contribution is 0.398. The van der Waals surface area contributed by atoms with Crippen LogP contribution in [-0.2, 0) is 5.41 Å². The lowest BCUT2D eigenvalue weighted by atomic mass is 9.70. The minimum atomic E-state index is 0.0753. The van der Waals surface area contributed by atoms with Crippen LogP contribution in [0.2, 0.25) is 0 Å². The molecule has 0 atom stereocenters. The van der Waals surface area contributed by atoms with Gasteiger partial charge in [-0.25, -0.2) is 4.98 Å². The summed E-state index contributed by atoms with van der Waals surface area (Å²) >= 11 is 1.82. The molecule has 0 unspecified atom stereocenters. The van der Waals surface area contributed by atoms with Gasteiger partial charge in [0, 0.05) is 11.0 Å². The molecule has 1 heterocycles. The average molecular weight is 550 g/mol. The third kappa shape index (κ3) is 6.13. The fourth-order valence-corrected chi connectivity index (χ4v) is 7.81. The van der Waals surface area contributed by atoms with E-state index in [1.165, 1.54) is 117 Å². The van der Waals surface area contributed by atoms with Gasteiger partial charge in [0.05, 0.1) is 10.2 Å². The van der Waals surface area contributed by atoms with E-state index in [4.69, 9.17) is 4.98 Å². The highest BCUT2D eigenvalue weighted by molar-refractivity contribution is 7.21. The lowest BCUT2D eigenvalue weighted by Gasteiger charge is -2.33. The summed E-state index contributed by atoms with van der Waals surface area (Å²) < 4.78 is 1.27. The van der Waals surface area contributed by atoms with Crippen LogP contribution in [0.4, 0.5) is 0 Å². The number of rotatable bonds is 16. The summed E-state index contributed by atoms with van der Waals surface area (Å²) in [5.74, 6) is 0. The third-order valence-electron chi connectivity index (χ3n) is 9.08.